The van der Waals surface area contributed by atoms with E-state index in [1.165, 1.54) is 0 Å². The van der Waals surface area contributed by atoms with Gasteiger partial charge in [0.2, 0.25) is 0 Å². The van der Waals surface area contributed by atoms with Gasteiger partial charge in [0.25, 0.3) is 0 Å². The van der Waals surface area contributed by atoms with E-state index in [9.17, 15) is 9.90 Å². The van der Waals surface area contributed by atoms with Crippen LogP contribution in [0.15, 0.2) is 91.1 Å². The van der Waals surface area contributed by atoms with Crippen molar-refractivity contribution in [1.29, 1.82) is 0 Å². The quantitative estimate of drug-likeness (QED) is 0.184. The number of nitrogens with two attached hydrogens (primary N) is 1. The molecule has 200 valence electrons. The summed E-state index contributed by atoms with van der Waals surface area (Å²) in [6, 6.07) is 26.0. The molecule has 0 saturated heterocycles. The van der Waals surface area contributed by atoms with Gasteiger partial charge < -0.3 is 20.1 Å². The Morgan fingerprint density at radius 2 is 1.68 bits per heavy atom. The van der Waals surface area contributed by atoms with E-state index in [4.69, 9.17) is 38.7 Å². The predicted octanol–water partition coefficient (Wildman–Crippen LogP) is 8.03. The first-order valence-corrected chi connectivity index (χ1v) is 13.1. The van der Waals surface area contributed by atoms with E-state index in [0.717, 1.165) is 33.6 Å². The summed E-state index contributed by atoms with van der Waals surface area (Å²) in [6.07, 6.45) is 5.87. The number of ether oxygens (including phenoxy) is 1. The smallest absolute Gasteiger partial charge is 0.335 e. The topological polar surface area (TPSA) is 90.4 Å². The largest absolute Gasteiger partial charge is 0.495 e. The van der Waals surface area contributed by atoms with Crippen LogP contribution in [0.4, 0.5) is 5.69 Å². The Morgan fingerprint density at radius 3 is 2.35 bits per heavy atom. The van der Waals surface area contributed by atoms with Gasteiger partial charge in [-0.2, -0.15) is 0 Å². The molecule has 8 heteroatoms. The lowest BCUT2D eigenvalue weighted by Gasteiger charge is -2.08. The first-order valence-electron chi connectivity index (χ1n) is 12.4. The summed E-state index contributed by atoms with van der Waals surface area (Å²) in [5.74, 6) is 0.400. The molecular weight excluding hydrogens is 545 g/mol. The number of halogens is 2. The molecule has 0 aliphatic rings. The average molecular weight is 570 g/mol. The first kappa shape index (κ1) is 27.1. The molecule has 5 rings (SSSR count). The minimum absolute atomic E-state index is 0.240. The van der Waals surface area contributed by atoms with E-state index in [0.29, 0.717) is 33.7 Å². The van der Waals surface area contributed by atoms with E-state index in [2.05, 4.69) is 0 Å². The fourth-order valence-corrected chi connectivity index (χ4v) is 4.82. The molecule has 0 spiro atoms. The maximum atomic E-state index is 11.2. The molecule has 3 N–H and O–H groups in total. The zero-order chi connectivity index (χ0) is 28.2. The van der Waals surface area contributed by atoms with Crippen LogP contribution in [-0.2, 0) is 6.54 Å². The molecule has 0 amide bonds. The molecule has 0 aliphatic heterocycles. The minimum Gasteiger partial charge on any atom is -0.495 e. The number of carboxylic acids is 1. The molecule has 0 atom stereocenters. The molecule has 4 aromatic carbocycles. The van der Waals surface area contributed by atoms with E-state index in [-0.39, 0.29) is 5.56 Å². The van der Waals surface area contributed by atoms with Gasteiger partial charge in [0.05, 0.1) is 29.1 Å². The van der Waals surface area contributed by atoms with Crippen LogP contribution in [0.2, 0.25) is 10.0 Å². The fourth-order valence-electron chi connectivity index (χ4n) is 4.31. The van der Waals surface area contributed by atoms with Crippen molar-refractivity contribution in [3.05, 3.63) is 124 Å². The SMILES string of the molecule is COc1cc(-c2ccc(/C=C/c3nc(-c4ccc(Cl)cc4Cl)cn3Cc3ccc(C(=O)O)cc3)cc2)ccc1N. The number of benzene rings is 4. The van der Waals surface area contributed by atoms with Crippen molar-refractivity contribution in [2.24, 2.45) is 0 Å². The molecule has 0 unspecified atom stereocenters. The number of rotatable bonds is 8. The van der Waals surface area contributed by atoms with Crippen LogP contribution < -0.4 is 10.5 Å². The lowest BCUT2D eigenvalue weighted by Crippen LogP contribution is -2.02. The highest BCUT2D eigenvalue weighted by atomic mass is 35.5. The van der Waals surface area contributed by atoms with Gasteiger partial charge in [-0.05, 0) is 70.8 Å². The Kier molecular flexibility index (Phi) is 7.91. The number of aromatic nitrogens is 2. The summed E-state index contributed by atoms with van der Waals surface area (Å²) in [6.45, 7) is 0.496. The van der Waals surface area contributed by atoms with Gasteiger partial charge in [-0.15, -0.1) is 0 Å². The fraction of sp³-hybridized carbons (Fsp3) is 0.0625. The summed E-state index contributed by atoms with van der Waals surface area (Å²) >= 11 is 12.6. The molecule has 0 saturated carbocycles. The van der Waals surface area contributed by atoms with Crippen molar-refractivity contribution in [1.82, 2.24) is 9.55 Å². The first-order chi connectivity index (χ1) is 19.3. The second-order valence-electron chi connectivity index (χ2n) is 9.15. The Labute approximate surface area is 241 Å². The zero-order valence-electron chi connectivity index (χ0n) is 21.5. The van der Waals surface area contributed by atoms with Gasteiger partial charge >= 0.3 is 5.97 Å². The summed E-state index contributed by atoms with van der Waals surface area (Å²) in [4.78, 5) is 16.1. The summed E-state index contributed by atoms with van der Waals surface area (Å²) < 4.78 is 7.35. The van der Waals surface area contributed by atoms with Crippen LogP contribution in [0.25, 0.3) is 34.5 Å². The molecule has 0 bridgehead atoms. The van der Waals surface area contributed by atoms with Crippen molar-refractivity contribution in [3.8, 4) is 28.1 Å². The third-order valence-corrected chi connectivity index (χ3v) is 7.02. The number of imidazole rings is 1. The molecule has 40 heavy (non-hydrogen) atoms. The third kappa shape index (κ3) is 6.04. The normalized spacial score (nSPS) is 11.2. The van der Waals surface area contributed by atoms with Crippen molar-refractivity contribution in [3.63, 3.8) is 0 Å². The highest BCUT2D eigenvalue weighted by Crippen LogP contribution is 2.31. The highest BCUT2D eigenvalue weighted by Gasteiger charge is 2.12. The molecule has 0 radical (unpaired) electrons. The molecule has 1 aromatic heterocycles. The zero-order valence-corrected chi connectivity index (χ0v) is 23.0. The highest BCUT2D eigenvalue weighted by molar-refractivity contribution is 6.36. The average Bonchev–Trinajstić information content (AvgIpc) is 3.34. The van der Waals surface area contributed by atoms with Gasteiger partial charge in [0.1, 0.15) is 11.6 Å². The third-order valence-electron chi connectivity index (χ3n) is 6.47. The predicted molar refractivity (Wildman–Crippen MR) is 162 cm³/mol. The van der Waals surface area contributed by atoms with Gasteiger partial charge in [0.15, 0.2) is 0 Å². The van der Waals surface area contributed by atoms with Crippen molar-refractivity contribution >= 4 is 47.0 Å². The Morgan fingerprint density at radius 1 is 0.950 bits per heavy atom. The Bertz CT molecular complexity index is 1710. The second kappa shape index (κ2) is 11.7. The summed E-state index contributed by atoms with van der Waals surface area (Å²) in [5, 5.41) is 10.3. The summed E-state index contributed by atoms with van der Waals surface area (Å²) in [7, 11) is 1.60. The van der Waals surface area contributed by atoms with E-state index >= 15 is 0 Å². The minimum atomic E-state index is -0.959. The van der Waals surface area contributed by atoms with E-state index < -0.39 is 5.97 Å². The van der Waals surface area contributed by atoms with Gasteiger partial charge in [0, 0.05) is 23.3 Å². The number of nitrogens with zero attached hydrogens (tertiary/aromatic N) is 2. The lowest BCUT2D eigenvalue weighted by molar-refractivity contribution is 0.0697. The van der Waals surface area contributed by atoms with Gasteiger partial charge in [-0.1, -0.05) is 71.7 Å². The van der Waals surface area contributed by atoms with E-state index in [1.807, 2.05) is 71.4 Å². The second-order valence-corrected chi connectivity index (χ2v) is 9.99. The molecule has 6 nitrogen and oxygen atoms in total. The van der Waals surface area contributed by atoms with Crippen molar-refractivity contribution in [2.45, 2.75) is 6.54 Å². The molecular formula is C32H25Cl2N3O3. The van der Waals surface area contributed by atoms with Gasteiger partial charge in [-0.3, -0.25) is 0 Å². The van der Waals surface area contributed by atoms with Crippen LogP contribution in [0.3, 0.4) is 0 Å². The van der Waals surface area contributed by atoms with Crippen LogP contribution in [-0.4, -0.2) is 27.7 Å². The van der Waals surface area contributed by atoms with Crippen LogP contribution in [0.5, 0.6) is 5.75 Å². The van der Waals surface area contributed by atoms with Crippen LogP contribution in [0, 0.1) is 0 Å². The number of hydrogen-bond acceptors (Lipinski definition) is 4. The maximum absolute atomic E-state index is 11.2. The number of aromatic carboxylic acids is 1. The molecule has 1 heterocycles. The van der Waals surface area contributed by atoms with Crippen molar-refractivity contribution < 1.29 is 14.6 Å². The Balaban J connectivity index is 1.45. The van der Waals surface area contributed by atoms with Crippen LogP contribution >= 0.6 is 23.2 Å². The van der Waals surface area contributed by atoms with Crippen LogP contribution in [0.1, 0.15) is 27.3 Å². The summed E-state index contributed by atoms with van der Waals surface area (Å²) in [5.41, 5.74) is 12.2. The number of methoxy groups -OCH3 is 1. The number of carbonyl (C=O) groups is 1. The van der Waals surface area contributed by atoms with Gasteiger partial charge in [-0.25, -0.2) is 9.78 Å². The molecule has 5 aromatic rings. The maximum Gasteiger partial charge on any atom is 0.335 e. The number of anilines is 1. The lowest BCUT2D eigenvalue weighted by atomic mass is 10.0. The number of nitrogen functional groups attached to an aromatic ring is 1. The monoisotopic (exact) mass is 569 g/mol. The van der Waals surface area contributed by atoms with Crippen molar-refractivity contribution in [2.75, 3.05) is 12.8 Å². The molecule has 0 aliphatic carbocycles. The Hall–Kier alpha value is -4.52. The molecule has 0 fully saturated rings. The van der Waals surface area contributed by atoms with E-state index in [1.54, 1.807) is 43.5 Å². The number of carboxylic acid groups (broad SMARTS) is 1. The number of hydrogen-bond donors (Lipinski definition) is 2. The standard InChI is InChI=1S/C32H25Cl2N3O3/c1-40-30-16-24(11-14-28(30)35)22-7-2-20(3-8-22)6-15-31-36-29(26-13-12-25(33)17-27(26)34)19-37(31)18-21-4-9-23(10-5-21)32(38)39/h2-17,19H,18,35H2,1H3,(H,38,39)/b15-6+.